The van der Waals surface area contributed by atoms with Crippen LogP contribution in [0.5, 0.6) is 0 Å². The Bertz CT molecular complexity index is 369. The second-order valence-electron chi connectivity index (χ2n) is 5.38. The first kappa shape index (κ1) is 27.2. The van der Waals surface area contributed by atoms with Gasteiger partial charge in [0.05, 0.1) is 0 Å². The highest BCUT2D eigenvalue weighted by atomic mass is 35.9. The molecule has 0 rings (SSSR count). The normalized spacial score (nSPS) is 15.9. The van der Waals surface area contributed by atoms with Gasteiger partial charge in [-0.1, -0.05) is 27.7 Å². The van der Waals surface area contributed by atoms with Crippen LogP contribution in [0.3, 0.4) is 0 Å². The Kier molecular flexibility index (Phi) is 10.6. The zero-order valence-electron chi connectivity index (χ0n) is 12.3. The number of hydrogen-bond acceptors (Lipinski definition) is 1. The maximum absolute atomic E-state index is 6.91. The third-order valence-corrected chi connectivity index (χ3v) is 136. The summed E-state index contributed by atoms with van der Waals surface area (Å²) in [6, 6.07) is -0.208. The molecule has 0 aromatic heterocycles. The third-order valence-electron chi connectivity index (χ3n) is 3.16. The van der Waals surface area contributed by atoms with Gasteiger partial charge >= 0.3 is 22.9 Å². The Labute approximate surface area is 193 Å². The van der Waals surface area contributed by atoms with Crippen molar-refractivity contribution < 1.29 is 0 Å². The summed E-state index contributed by atoms with van der Waals surface area (Å²) in [4.78, 5) is 0. The van der Waals surface area contributed by atoms with E-state index in [9.17, 15) is 0 Å². The van der Waals surface area contributed by atoms with Gasteiger partial charge in [0.1, 0.15) is 0 Å². The summed E-state index contributed by atoms with van der Waals surface area (Å²) < 4.78 is 1.82. The highest BCUT2D eigenvalue weighted by Crippen LogP contribution is 2.58. The van der Waals surface area contributed by atoms with Crippen molar-refractivity contribution in [1.29, 1.82) is 0 Å². The minimum Gasteiger partial charge on any atom is -0.298 e. The monoisotopic (exact) mass is 625 g/mol. The van der Waals surface area contributed by atoms with Crippen LogP contribution < -0.4 is 0 Å². The van der Waals surface area contributed by atoms with Gasteiger partial charge in [-0.2, -0.15) is 0 Å². The number of halogens is 11. The molecule has 0 N–H and O–H groups in total. The second-order valence-corrected chi connectivity index (χ2v) is 73.2. The van der Waals surface area contributed by atoms with Gasteiger partial charge in [0.25, 0.3) is 0 Å². The summed E-state index contributed by atoms with van der Waals surface area (Å²) in [6.45, 7) is 7.58. The molecule has 140 valence electrons. The highest BCUT2D eigenvalue weighted by Gasteiger charge is 2.88. The molecule has 17 heteroatoms. The van der Waals surface area contributed by atoms with Crippen molar-refractivity contribution in [2.75, 3.05) is 0 Å². The molecule has 0 heterocycles. The van der Waals surface area contributed by atoms with E-state index in [-0.39, 0.29) is 12.1 Å². The van der Waals surface area contributed by atoms with Crippen LogP contribution in [-0.2, 0) is 0 Å². The molecule has 0 fully saturated rings. The zero-order chi connectivity index (χ0) is 19.2. The zero-order valence-corrected chi connectivity index (χ0v) is 25.6. The second kappa shape index (κ2) is 8.94. The first-order valence-electron chi connectivity index (χ1n) is 6.13. The molecule has 0 aromatic rings. The van der Waals surface area contributed by atoms with Crippen molar-refractivity contribution in [3.63, 3.8) is 0 Å². The first-order valence-corrected chi connectivity index (χ1v) is 31.2. The van der Waals surface area contributed by atoms with Gasteiger partial charge in [0, 0.05) is 0 Å². The predicted octanol–water partition coefficient (Wildman–Crippen LogP) is 7.25. The molecule has 0 aromatic carbocycles. The van der Waals surface area contributed by atoms with E-state index in [1.807, 2.05) is 32.3 Å². The van der Waals surface area contributed by atoms with E-state index >= 15 is 0 Å². The fourth-order valence-corrected chi connectivity index (χ4v) is 222. The van der Waals surface area contributed by atoms with Crippen molar-refractivity contribution in [2.45, 2.75) is 39.8 Å². The van der Waals surface area contributed by atoms with Gasteiger partial charge in [0.15, 0.2) is 0 Å². The number of rotatable bonds is 7. The topological polar surface area (TPSA) is 3.24 Å². The molecule has 0 radical (unpaired) electrons. The lowest BCUT2D eigenvalue weighted by molar-refractivity contribution is 0.311. The summed E-state index contributed by atoms with van der Waals surface area (Å²) in [5, 5.41) is 0. The molecule has 0 unspecified atom stereocenters. The average Bonchev–Trinajstić information content (AvgIpc) is 2.04. The molecule has 0 aliphatic heterocycles. The van der Waals surface area contributed by atoms with E-state index in [4.69, 9.17) is 122 Å². The lowest BCUT2D eigenvalue weighted by Crippen LogP contribution is -2.90. The predicted molar refractivity (Wildman–Crippen MR) is 125 cm³/mol. The van der Waals surface area contributed by atoms with Crippen LogP contribution in [0, 0.1) is 0 Å². The van der Waals surface area contributed by atoms with Gasteiger partial charge in [-0.15, -0.1) is 122 Å². The van der Waals surface area contributed by atoms with Gasteiger partial charge in [-0.05, 0) is 12.1 Å². The van der Waals surface area contributed by atoms with E-state index in [2.05, 4.69) is 0 Å². The van der Waals surface area contributed by atoms with Crippen LogP contribution in [0.4, 0.5) is 0 Å². The summed E-state index contributed by atoms with van der Waals surface area (Å²) in [7, 11) is 0. The number of hydrogen-bond donors (Lipinski definition) is 0. The Balaban J connectivity index is 6.94. The average molecular weight is 631 g/mol. The van der Waals surface area contributed by atoms with Crippen LogP contribution >= 0.6 is 122 Å². The van der Waals surface area contributed by atoms with E-state index in [0.717, 1.165) is 0 Å². The summed E-state index contributed by atoms with van der Waals surface area (Å²) >= 11 is 71.4. The van der Waals surface area contributed by atoms with Crippen molar-refractivity contribution in [3.8, 4) is 0 Å². The molecule has 0 saturated carbocycles. The third kappa shape index (κ3) is 5.24. The Hall–Kier alpha value is 4.23. The van der Waals surface area contributed by atoms with Gasteiger partial charge < -0.3 is 0 Å². The van der Waals surface area contributed by atoms with E-state index in [1.165, 1.54) is 0 Å². The number of nitrogens with zero attached hydrogens (tertiary/aromatic N) is 1. The van der Waals surface area contributed by atoms with E-state index in [0.29, 0.717) is 0 Å². The maximum atomic E-state index is 6.91. The molecular weight excluding hydrogens is 616 g/mol. The van der Waals surface area contributed by atoms with E-state index in [1.54, 1.807) is 0 Å². The van der Waals surface area contributed by atoms with Gasteiger partial charge in [-0.3, -0.25) is 4.57 Å². The molecule has 0 spiro atoms. The molecule has 0 amide bonds. The van der Waals surface area contributed by atoms with Crippen LogP contribution in [0.25, 0.3) is 0 Å². The van der Waals surface area contributed by atoms with Gasteiger partial charge in [-0.25, -0.2) is 0 Å². The highest BCUT2D eigenvalue weighted by molar-refractivity contribution is 8.41. The fourth-order valence-electron chi connectivity index (χ4n) is 2.43. The summed E-state index contributed by atoms with van der Waals surface area (Å²) in [5.74, 6) is 0. The molecule has 0 atom stereocenters. The van der Waals surface area contributed by atoms with E-state index < -0.39 is 29.1 Å². The van der Waals surface area contributed by atoms with Crippen LogP contribution in [0.15, 0.2) is 0 Å². The SMILES string of the molecule is CC(C)N(C(C)C)[Si](Cl)(Cl)[Si]([Si](Cl)(Cl)Cl)([Si](Cl)(Cl)Cl)[Si](Cl)(Cl)Cl. The minimum absolute atomic E-state index is 0.104. The van der Waals surface area contributed by atoms with Gasteiger partial charge in [0.2, 0.25) is 6.14 Å². The molecule has 1 nitrogen and oxygen atoms in total. The first-order chi connectivity index (χ1) is 9.76. The van der Waals surface area contributed by atoms with Crippen molar-refractivity contribution >= 4 is 151 Å². The molecule has 23 heavy (non-hydrogen) atoms. The Morgan fingerprint density at radius 3 is 0.870 bits per heavy atom. The lowest BCUT2D eigenvalue weighted by Gasteiger charge is -2.53. The van der Waals surface area contributed by atoms with Crippen molar-refractivity contribution in [1.82, 2.24) is 4.57 Å². The molecular formula is C6H14Cl11NSi5. The quantitative estimate of drug-likeness (QED) is 0.212. The Morgan fingerprint density at radius 2 is 0.739 bits per heavy atom. The van der Waals surface area contributed by atoms with Crippen LogP contribution in [0.2, 0.25) is 0 Å². The van der Waals surface area contributed by atoms with Crippen LogP contribution in [0.1, 0.15) is 27.7 Å². The summed E-state index contributed by atoms with van der Waals surface area (Å²) in [6.07, 6.45) is -7.65. The van der Waals surface area contributed by atoms with Crippen LogP contribution in [-0.4, -0.2) is 45.7 Å². The minimum atomic E-state index is -3.92. The largest absolute Gasteiger partial charge is 0.330 e. The smallest absolute Gasteiger partial charge is 0.298 e. The molecule has 0 saturated heterocycles. The van der Waals surface area contributed by atoms with Crippen molar-refractivity contribution in [2.24, 2.45) is 0 Å². The Morgan fingerprint density at radius 1 is 0.522 bits per heavy atom. The summed E-state index contributed by atoms with van der Waals surface area (Å²) in [5.41, 5.74) is -11.6. The maximum Gasteiger partial charge on any atom is 0.330 e. The molecule has 0 aliphatic carbocycles. The standard InChI is InChI=1S/C6H14Cl11NSi5/c1-5(2)18(6(3)4)22(16,17)23(19(7,8)9,20(10,11)12)21(13,14)15/h5-6H,1-4H3. The molecule has 0 bridgehead atoms. The molecule has 0 aliphatic rings. The lowest BCUT2D eigenvalue weighted by atomic mass is 10.3. The fraction of sp³-hybridized carbons (Fsp3) is 1.00. The van der Waals surface area contributed by atoms with Crippen molar-refractivity contribution in [3.05, 3.63) is 0 Å².